The fourth-order valence-electron chi connectivity index (χ4n) is 0.835. The van der Waals surface area contributed by atoms with Crippen molar-refractivity contribution in [2.45, 2.75) is 20.3 Å². The van der Waals surface area contributed by atoms with Crippen LogP contribution in [0.15, 0.2) is 0 Å². The van der Waals surface area contributed by atoms with Crippen molar-refractivity contribution in [3.05, 3.63) is 10.7 Å². The normalized spacial score (nSPS) is 9.90. The molecule has 3 heteroatoms. The van der Waals surface area contributed by atoms with E-state index in [2.05, 4.69) is 17.2 Å². The first kappa shape index (κ1) is 7.54. The van der Waals surface area contributed by atoms with Crippen molar-refractivity contribution in [2.24, 2.45) is 0 Å². The second kappa shape index (κ2) is 3.01. The Bertz CT molecular complexity index is 217. The van der Waals surface area contributed by atoms with E-state index in [4.69, 9.17) is 0 Å². The van der Waals surface area contributed by atoms with Gasteiger partial charge in [0.2, 0.25) is 0 Å². The summed E-state index contributed by atoms with van der Waals surface area (Å²) in [6.45, 7) is 4.15. The molecule has 1 heterocycles. The highest BCUT2D eigenvalue weighted by Gasteiger charge is 2.02. The van der Waals surface area contributed by atoms with Gasteiger partial charge < -0.3 is 5.32 Å². The molecule has 1 N–H and O–H groups in total. The van der Waals surface area contributed by atoms with Crippen LogP contribution in [0.25, 0.3) is 0 Å². The summed E-state index contributed by atoms with van der Waals surface area (Å²) in [5, 5.41) is 5.51. The third-order valence-corrected chi connectivity index (χ3v) is 2.69. The van der Waals surface area contributed by atoms with E-state index in [1.165, 1.54) is 10.0 Å². The van der Waals surface area contributed by atoms with Crippen LogP contribution in [0.3, 0.4) is 0 Å². The Morgan fingerprint density at radius 3 is 2.60 bits per heavy atom. The van der Waals surface area contributed by atoms with Gasteiger partial charge in [-0.1, -0.05) is 6.92 Å². The number of rotatable bonds is 2. The Morgan fingerprint density at radius 1 is 1.60 bits per heavy atom. The van der Waals surface area contributed by atoms with Crippen molar-refractivity contribution in [1.29, 1.82) is 0 Å². The van der Waals surface area contributed by atoms with Crippen molar-refractivity contribution < 1.29 is 0 Å². The number of thiazole rings is 1. The number of nitrogens with one attached hydrogen (secondary N) is 1. The van der Waals surface area contributed by atoms with Gasteiger partial charge in [0.25, 0.3) is 0 Å². The summed E-state index contributed by atoms with van der Waals surface area (Å²) in [5.74, 6) is 0. The summed E-state index contributed by atoms with van der Waals surface area (Å²) in [7, 11) is 1.93. The maximum Gasteiger partial charge on any atom is 0.111 e. The predicted molar refractivity (Wildman–Crippen MR) is 45.8 cm³/mol. The molecular weight excluding hydrogens is 144 g/mol. The van der Waals surface area contributed by atoms with Gasteiger partial charge in [-0.2, -0.15) is 0 Å². The number of hydrogen-bond acceptors (Lipinski definition) is 3. The van der Waals surface area contributed by atoms with Gasteiger partial charge in [-0.05, 0) is 13.3 Å². The fraction of sp³-hybridized carbons (Fsp3) is 0.571. The average Bonchev–Trinajstić information content (AvgIpc) is 2.30. The lowest BCUT2D eigenvalue weighted by molar-refractivity contribution is 1.07. The summed E-state index contributed by atoms with van der Waals surface area (Å²) in [6, 6.07) is 0. The van der Waals surface area contributed by atoms with Crippen LogP contribution in [0.2, 0.25) is 0 Å². The minimum absolute atomic E-state index is 1.03. The molecule has 0 fully saturated rings. The molecule has 0 aromatic carbocycles. The lowest BCUT2D eigenvalue weighted by Gasteiger charge is -1.90. The van der Waals surface area contributed by atoms with Crippen LogP contribution in [-0.4, -0.2) is 12.0 Å². The first-order valence-corrected chi connectivity index (χ1v) is 4.23. The zero-order valence-electron chi connectivity index (χ0n) is 6.56. The maximum atomic E-state index is 4.36. The summed E-state index contributed by atoms with van der Waals surface area (Å²) in [6.07, 6.45) is 1.03. The van der Waals surface area contributed by atoms with E-state index in [1.54, 1.807) is 11.3 Å². The van der Waals surface area contributed by atoms with Gasteiger partial charge in [-0.3, -0.25) is 0 Å². The molecule has 0 aliphatic carbocycles. The molecule has 10 heavy (non-hydrogen) atoms. The number of hydrogen-bond donors (Lipinski definition) is 1. The third kappa shape index (κ3) is 1.29. The highest BCUT2D eigenvalue weighted by molar-refractivity contribution is 7.15. The first-order valence-electron chi connectivity index (χ1n) is 3.42. The van der Waals surface area contributed by atoms with Crippen molar-refractivity contribution in [3.8, 4) is 0 Å². The molecule has 0 saturated carbocycles. The van der Waals surface area contributed by atoms with Gasteiger partial charge in [0.05, 0.1) is 10.7 Å². The standard InChI is InChI=1S/C7H12N2S/c1-4-6-9-5(2)7(8-3)10-6/h8H,4H2,1-3H3. The molecule has 0 saturated heterocycles. The smallest absolute Gasteiger partial charge is 0.111 e. The fourth-order valence-corrected chi connectivity index (χ4v) is 1.69. The van der Waals surface area contributed by atoms with Crippen LogP contribution in [0.1, 0.15) is 17.6 Å². The van der Waals surface area contributed by atoms with Gasteiger partial charge in [0.15, 0.2) is 0 Å². The van der Waals surface area contributed by atoms with Gasteiger partial charge >= 0.3 is 0 Å². The number of anilines is 1. The predicted octanol–water partition coefficient (Wildman–Crippen LogP) is 2.06. The van der Waals surface area contributed by atoms with Crippen LogP contribution in [0.4, 0.5) is 5.00 Å². The molecular formula is C7H12N2S. The number of aromatic nitrogens is 1. The van der Waals surface area contributed by atoms with Crippen LogP contribution in [0.5, 0.6) is 0 Å². The highest BCUT2D eigenvalue weighted by atomic mass is 32.1. The van der Waals surface area contributed by atoms with Crippen molar-refractivity contribution in [1.82, 2.24) is 4.98 Å². The van der Waals surface area contributed by atoms with Gasteiger partial charge in [0, 0.05) is 7.05 Å². The second-order valence-corrected chi connectivity index (χ2v) is 3.21. The zero-order valence-corrected chi connectivity index (χ0v) is 7.38. The SMILES string of the molecule is CCc1nc(C)c(NC)s1. The van der Waals surface area contributed by atoms with Crippen LogP contribution in [-0.2, 0) is 6.42 Å². The Kier molecular flexibility index (Phi) is 2.27. The lowest BCUT2D eigenvalue weighted by atomic mass is 10.5. The van der Waals surface area contributed by atoms with E-state index >= 15 is 0 Å². The molecule has 0 unspecified atom stereocenters. The number of nitrogens with zero attached hydrogens (tertiary/aromatic N) is 1. The summed E-state index contributed by atoms with van der Waals surface area (Å²) >= 11 is 1.74. The summed E-state index contributed by atoms with van der Waals surface area (Å²) < 4.78 is 0. The van der Waals surface area contributed by atoms with Crippen molar-refractivity contribution in [3.63, 3.8) is 0 Å². The molecule has 1 aromatic heterocycles. The lowest BCUT2D eigenvalue weighted by Crippen LogP contribution is -1.85. The summed E-state index contributed by atoms with van der Waals surface area (Å²) in [5.41, 5.74) is 1.12. The third-order valence-electron chi connectivity index (χ3n) is 1.37. The van der Waals surface area contributed by atoms with Crippen LogP contribution >= 0.6 is 11.3 Å². The molecule has 0 aliphatic rings. The molecule has 0 amide bonds. The van der Waals surface area contributed by atoms with Gasteiger partial charge in [-0.25, -0.2) is 4.98 Å². The first-order chi connectivity index (χ1) is 4.77. The number of aryl methyl sites for hydroxylation is 2. The Labute approximate surface area is 65.3 Å². The van der Waals surface area contributed by atoms with E-state index in [9.17, 15) is 0 Å². The van der Waals surface area contributed by atoms with Crippen LogP contribution < -0.4 is 5.32 Å². The monoisotopic (exact) mass is 156 g/mol. The minimum atomic E-state index is 1.03. The molecule has 0 radical (unpaired) electrons. The molecule has 1 aromatic rings. The van der Waals surface area contributed by atoms with E-state index in [-0.39, 0.29) is 0 Å². The minimum Gasteiger partial charge on any atom is -0.378 e. The molecule has 0 bridgehead atoms. The Hall–Kier alpha value is -0.570. The zero-order chi connectivity index (χ0) is 7.56. The van der Waals surface area contributed by atoms with Crippen molar-refractivity contribution >= 4 is 16.3 Å². The van der Waals surface area contributed by atoms with Crippen LogP contribution in [0, 0.1) is 6.92 Å². The second-order valence-electron chi connectivity index (χ2n) is 2.13. The topological polar surface area (TPSA) is 24.9 Å². The molecule has 0 spiro atoms. The van der Waals surface area contributed by atoms with Crippen molar-refractivity contribution in [2.75, 3.05) is 12.4 Å². The molecule has 0 atom stereocenters. The van der Waals surface area contributed by atoms with E-state index in [1.807, 2.05) is 14.0 Å². The Morgan fingerprint density at radius 2 is 2.30 bits per heavy atom. The molecule has 1 rings (SSSR count). The Balaban J connectivity index is 2.92. The highest BCUT2D eigenvalue weighted by Crippen LogP contribution is 2.22. The molecule has 0 aliphatic heterocycles. The quantitative estimate of drug-likeness (QED) is 0.709. The average molecular weight is 156 g/mol. The van der Waals surface area contributed by atoms with Gasteiger partial charge in [0.1, 0.15) is 5.00 Å². The molecule has 56 valence electrons. The van der Waals surface area contributed by atoms with Gasteiger partial charge in [-0.15, -0.1) is 11.3 Å². The maximum absolute atomic E-state index is 4.36. The largest absolute Gasteiger partial charge is 0.378 e. The van der Waals surface area contributed by atoms with E-state index in [0.29, 0.717) is 0 Å². The summed E-state index contributed by atoms with van der Waals surface area (Å²) in [4.78, 5) is 4.36. The van der Waals surface area contributed by atoms with E-state index < -0.39 is 0 Å². The molecule has 2 nitrogen and oxygen atoms in total. The van der Waals surface area contributed by atoms with E-state index in [0.717, 1.165) is 12.1 Å².